The molecule has 1 aliphatic heterocycles. The number of rotatable bonds is 17. The number of carbonyl (C=O) groups excluding carboxylic acids is 7. The number of hydrogen-bond acceptors (Lipinski definition) is 15. The Morgan fingerprint density at radius 1 is 0.726 bits per heavy atom. The van der Waals surface area contributed by atoms with Crippen LogP contribution in [0.15, 0.2) is 85.1 Å². The fraction of sp³-hybridized carbons (Fsp3) is 0.429. The molecule has 1 aromatic heterocycles. The molecule has 1 fully saturated rings. The number of nitrogens with two attached hydrogens (primary N) is 2. The first-order valence-electron chi connectivity index (χ1n) is 23.6. The molecule has 24 heteroatoms. The fourth-order valence-electron chi connectivity index (χ4n) is 7.79. The van der Waals surface area contributed by atoms with Gasteiger partial charge in [-0.2, -0.15) is 0 Å². The minimum Gasteiger partial charge on any atom is -0.508 e. The largest absolute Gasteiger partial charge is 0.508 e. The van der Waals surface area contributed by atoms with Crippen molar-refractivity contribution in [3.63, 3.8) is 0 Å². The van der Waals surface area contributed by atoms with Gasteiger partial charge in [0.15, 0.2) is 6.04 Å². The van der Waals surface area contributed by atoms with Crippen molar-refractivity contribution in [2.75, 3.05) is 18.1 Å². The highest BCUT2D eigenvalue weighted by atomic mass is 33.1. The number of nitrogens with one attached hydrogen (secondary N) is 8. The number of aromatic hydroxyl groups is 1. The maximum Gasteiger partial charge on any atom is 0.328 e. The van der Waals surface area contributed by atoms with Gasteiger partial charge in [-0.15, -0.1) is 0 Å². The van der Waals surface area contributed by atoms with E-state index in [2.05, 4.69) is 42.2 Å². The van der Waals surface area contributed by atoms with Gasteiger partial charge in [-0.1, -0.05) is 82.3 Å². The summed E-state index contributed by atoms with van der Waals surface area (Å²) in [5.41, 5.74) is 14.7. The molecular weight excluding hydrogens is 985 g/mol. The highest BCUT2D eigenvalue weighted by molar-refractivity contribution is 8.76. The zero-order valence-electron chi connectivity index (χ0n) is 40.2. The topological polar surface area (TPSA) is 370 Å². The Morgan fingerprint density at radius 2 is 1.34 bits per heavy atom. The number of unbranched alkanes of at least 4 members (excludes halogenated alkanes) is 1. The van der Waals surface area contributed by atoms with Crippen LogP contribution >= 0.6 is 21.6 Å². The van der Waals surface area contributed by atoms with E-state index in [1.165, 1.54) is 31.2 Å². The summed E-state index contributed by atoms with van der Waals surface area (Å²) >= 11 is 0. The lowest BCUT2D eigenvalue weighted by Crippen LogP contribution is -2.62. The van der Waals surface area contributed by atoms with E-state index in [9.17, 15) is 58.8 Å². The van der Waals surface area contributed by atoms with Gasteiger partial charge in [0.05, 0.1) is 18.2 Å². The predicted molar refractivity (Wildman–Crippen MR) is 274 cm³/mol. The minimum absolute atomic E-state index is 0.0207. The number of fused-ring (bicyclic) bond motifs is 1. The van der Waals surface area contributed by atoms with Crippen LogP contribution in [0.2, 0.25) is 0 Å². The second kappa shape index (κ2) is 27.9. The molecule has 4 unspecified atom stereocenters. The molecule has 2 heterocycles. The number of hydrogen-bond donors (Lipinski definition) is 14. The van der Waals surface area contributed by atoms with Crippen LogP contribution < -0.4 is 48.7 Å². The summed E-state index contributed by atoms with van der Waals surface area (Å²) in [5.74, 6) is -8.59. The van der Waals surface area contributed by atoms with E-state index in [-0.39, 0.29) is 49.5 Å². The normalized spacial score (nSPS) is 22.5. The van der Waals surface area contributed by atoms with Crippen LogP contribution in [0.1, 0.15) is 49.8 Å². The van der Waals surface area contributed by atoms with Crippen molar-refractivity contribution < 1.29 is 58.8 Å². The van der Waals surface area contributed by atoms with Crippen LogP contribution in [0, 0.1) is 0 Å². The van der Waals surface area contributed by atoms with E-state index in [0.717, 1.165) is 45.0 Å². The molecule has 1 saturated heterocycles. The van der Waals surface area contributed by atoms with Gasteiger partial charge in [0.2, 0.25) is 41.4 Å². The molecule has 0 spiro atoms. The number of aliphatic hydroxyl groups is 2. The lowest BCUT2D eigenvalue weighted by atomic mass is 10.0. The second-order valence-corrected chi connectivity index (χ2v) is 20.2. The third-order valence-corrected chi connectivity index (χ3v) is 14.3. The predicted octanol–water partition coefficient (Wildman–Crippen LogP) is -1.01. The first-order chi connectivity index (χ1) is 34.8. The Balaban J connectivity index is 1.58. The highest BCUT2D eigenvalue weighted by Gasteiger charge is 2.37. The van der Waals surface area contributed by atoms with Crippen molar-refractivity contribution in [3.8, 4) is 5.75 Å². The summed E-state index contributed by atoms with van der Waals surface area (Å²) in [6.45, 7) is 2.56. The number of phenolic OH excluding ortho intramolecular Hbond substituents is 1. The number of aromatic amines is 1. The molecule has 22 nitrogen and oxygen atoms in total. The molecule has 10 atom stereocenters. The lowest BCUT2D eigenvalue weighted by Gasteiger charge is -2.29. The van der Waals surface area contributed by atoms with E-state index in [0.29, 0.717) is 24.0 Å². The van der Waals surface area contributed by atoms with Crippen molar-refractivity contribution in [3.05, 3.63) is 102 Å². The summed E-state index contributed by atoms with van der Waals surface area (Å²) in [6.07, 6.45) is -1.03. The molecule has 4 aromatic rings. The maximum atomic E-state index is 14.7. The Kier molecular flexibility index (Phi) is 21.9. The van der Waals surface area contributed by atoms with Gasteiger partial charge in [-0.05, 0) is 81.0 Å². The zero-order chi connectivity index (χ0) is 53.2. The molecule has 16 N–H and O–H groups in total. The van der Waals surface area contributed by atoms with Crippen LogP contribution in [-0.2, 0) is 57.6 Å². The fourth-order valence-corrected chi connectivity index (χ4v) is 10.1. The quantitative estimate of drug-likeness (QED) is 0.0445. The van der Waals surface area contributed by atoms with Gasteiger partial charge in [0.25, 0.3) is 0 Å². The van der Waals surface area contributed by atoms with Crippen molar-refractivity contribution in [2.45, 2.75) is 113 Å². The van der Waals surface area contributed by atoms with Crippen LogP contribution in [0.4, 0.5) is 0 Å². The van der Waals surface area contributed by atoms with Crippen molar-refractivity contribution >= 4 is 79.8 Å². The Hall–Kier alpha value is -6.70. The molecule has 73 heavy (non-hydrogen) atoms. The first kappa shape index (κ1) is 57.2. The standard InChI is InChI=1S/C49H64N10O12S2/c1-26(60)40-48(69)57-39(47(68)59-41(27(2)61)49(70)71)25-73-72-24-38(56-42(63)33(51)20-28-10-4-3-5-11-28)46(67)54-36(21-29-15-17-31(62)18-16-29)44(65)55-37(22-30-23-52-34-13-7-6-12-32(30)34)45(66)53-35(43(64)58-40)14-8-9-19-50/h3-7,10-13,15-18,23,26-27,33,35-41,52,60-62H,8-9,14,19-22,24-25,50-51H2,1-2H3,(H,53,66)(H,54,67)(H,55,65)(H,56,63)(H,57,69)(H,58,64)(H,59,68)(H,70,71)/t26?,27?,33-,35+,36+,37?,38?,39+,40+,41+/m1/s1. The van der Waals surface area contributed by atoms with Gasteiger partial charge in [-0.25, -0.2) is 4.79 Å². The average Bonchev–Trinajstić information content (AvgIpc) is 3.76. The second-order valence-electron chi connectivity index (χ2n) is 17.7. The third-order valence-electron chi connectivity index (χ3n) is 11.9. The number of amides is 7. The first-order valence-corrected chi connectivity index (χ1v) is 26.1. The van der Waals surface area contributed by atoms with E-state index in [4.69, 9.17) is 11.5 Å². The number of carboxylic acid groups (broad SMARTS) is 1. The molecule has 7 amide bonds. The molecule has 0 aliphatic carbocycles. The number of carboxylic acids is 1. The molecule has 3 aromatic carbocycles. The van der Waals surface area contributed by atoms with Gasteiger partial charge in [-0.3, -0.25) is 33.6 Å². The van der Waals surface area contributed by atoms with E-state index in [1.54, 1.807) is 42.6 Å². The monoisotopic (exact) mass is 1050 g/mol. The Bertz CT molecular complexity index is 2530. The molecular formula is C49H64N10O12S2. The Morgan fingerprint density at radius 3 is 2.00 bits per heavy atom. The SMILES string of the molecule is CC(O)[C@H](NC(=O)[C@@H]1CSSCC(NC(=O)[C@H](N)Cc2ccccc2)C(=O)N[C@@H](Cc2ccc(O)cc2)C(=O)NC(Cc2c[nH]c3ccccc23)C(=O)N[C@@H](CCCCN)C(=O)N[C@@H](C(C)O)C(=O)N1)C(=O)O. The summed E-state index contributed by atoms with van der Waals surface area (Å²) in [7, 11) is 1.86. The number of aromatic nitrogens is 1. The van der Waals surface area contributed by atoms with Crippen LogP contribution in [0.5, 0.6) is 5.75 Å². The maximum absolute atomic E-state index is 14.7. The summed E-state index contributed by atoms with van der Waals surface area (Å²) in [4.78, 5) is 115. The summed E-state index contributed by atoms with van der Waals surface area (Å²) in [5, 5.41) is 59.6. The number of para-hydroxylation sites is 1. The van der Waals surface area contributed by atoms with Crippen LogP contribution in [0.3, 0.4) is 0 Å². The van der Waals surface area contributed by atoms with E-state index < -0.39 is 108 Å². The van der Waals surface area contributed by atoms with Gasteiger partial charge in [0.1, 0.15) is 42.0 Å². The number of benzene rings is 3. The van der Waals surface area contributed by atoms with Crippen LogP contribution in [0.25, 0.3) is 10.9 Å². The number of H-pyrrole nitrogens is 1. The Labute approximate surface area is 429 Å². The molecule has 1 aliphatic rings. The number of aliphatic hydroxyl groups excluding tert-OH is 2. The number of phenols is 1. The van der Waals surface area contributed by atoms with Crippen molar-refractivity contribution in [1.29, 1.82) is 0 Å². The van der Waals surface area contributed by atoms with Crippen molar-refractivity contribution in [2.24, 2.45) is 11.5 Å². The van der Waals surface area contributed by atoms with Gasteiger partial charge < -0.3 is 74.1 Å². The summed E-state index contributed by atoms with van der Waals surface area (Å²) in [6, 6.07) is 9.98. The molecule has 0 radical (unpaired) electrons. The lowest BCUT2D eigenvalue weighted by molar-refractivity contribution is -0.145. The van der Waals surface area contributed by atoms with Crippen LogP contribution in [-0.4, -0.2) is 151 Å². The molecule has 0 bridgehead atoms. The van der Waals surface area contributed by atoms with Gasteiger partial charge >= 0.3 is 5.97 Å². The smallest absolute Gasteiger partial charge is 0.328 e. The third kappa shape index (κ3) is 17.2. The van der Waals surface area contributed by atoms with E-state index >= 15 is 0 Å². The van der Waals surface area contributed by atoms with Crippen molar-refractivity contribution in [1.82, 2.24) is 42.2 Å². The van der Waals surface area contributed by atoms with E-state index in [1.807, 2.05) is 18.2 Å². The molecule has 394 valence electrons. The average molecular weight is 1050 g/mol. The number of carbonyl (C=O) groups is 8. The minimum atomic E-state index is -1.82. The number of aliphatic carboxylic acids is 1. The summed E-state index contributed by atoms with van der Waals surface area (Å²) < 4.78 is 0. The molecule has 0 saturated carbocycles. The molecule has 5 rings (SSSR count). The zero-order valence-corrected chi connectivity index (χ0v) is 41.9. The van der Waals surface area contributed by atoms with Gasteiger partial charge in [0, 0.05) is 41.4 Å². The highest BCUT2D eigenvalue weighted by Crippen LogP contribution is 2.25.